The van der Waals surface area contributed by atoms with E-state index in [0.717, 1.165) is 18.7 Å². The number of nitrogens with one attached hydrogen (secondary N) is 1. The first-order valence-electron chi connectivity index (χ1n) is 9.58. The highest BCUT2D eigenvalue weighted by Gasteiger charge is 2.48. The molecule has 6 nitrogen and oxygen atoms in total. The maximum atomic E-state index is 12.6. The molecule has 2 amide bonds. The van der Waals surface area contributed by atoms with Gasteiger partial charge in [-0.1, -0.05) is 19.8 Å². The highest BCUT2D eigenvalue weighted by atomic mass is 16.6. The first-order chi connectivity index (χ1) is 11.7. The molecule has 1 spiro atoms. The van der Waals surface area contributed by atoms with Crippen LogP contribution in [0.1, 0.15) is 66.2 Å². The predicted molar refractivity (Wildman–Crippen MR) is 96.5 cm³/mol. The smallest absolute Gasteiger partial charge is 0.410 e. The maximum Gasteiger partial charge on any atom is 0.410 e. The topological polar surface area (TPSA) is 71.0 Å². The summed E-state index contributed by atoms with van der Waals surface area (Å²) in [5.41, 5.74) is -1.17. The second-order valence-corrected chi connectivity index (χ2v) is 8.92. The fraction of sp³-hybridized carbons (Fsp3) is 0.842. The molecule has 140 valence electrons. The molecule has 1 saturated heterocycles. The van der Waals surface area contributed by atoms with Crippen LogP contribution in [0.4, 0.5) is 4.79 Å². The lowest BCUT2D eigenvalue weighted by Gasteiger charge is -2.36. The number of piperidine rings is 1. The van der Waals surface area contributed by atoms with Gasteiger partial charge in [0.1, 0.15) is 17.0 Å². The molecule has 0 bridgehead atoms. The van der Waals surface area contributed by atoms with E-state index in [0.29, 0.717) is 37.8 Å². The molecule has 1 saturated carbocycles. The summed E-state index contributed by atoms with van der Waals surface area (Å²) in [6.45, 7) is 8.90. The molecule has 0 aromatic rings. The summed E-state index contributed by atoms with van der Waals surface area (Å²) >= 11 is 0. The highest BCUT2D eigenvalue weighted by molar-refractivity contribution is 6.09. The van der Waals surface area contributed by atoms with Crippen molar-refractivity contribution in [2.24, 2.45) is 16.8 Å². The second kappa shape index (κ2) is 6.61. The minimum absolute atomic E-state index is 0.0181. The summed E-state index contributed by atoms with van der Waals surface area (Å²) in [5, 5.41) is 3.06. The van der Waals surface area contributed by atoms with Crippen molar-refractivity contribution < 1.29 is 14.3 Å². The fourth-order valence-corrected chi connectivity index (χ4v) is 4.14. The predicted octanol–water partition coefficient (Wildman–Crippen LogP) is 3.11. The molecular weight excluding hydrogens is 318 g/mol. The molecule has 2 atom stereocenters. The lowest BCUT2D eigenvalue weighted by atomic mass is 9.82. The minimum atomic E-state index is -0.672. The zero-order valence-electron chi connectivity index (χ0n) is 15.9. The molecule has 2 aliphatic heterocycles. The van der Waals surface area contributed by atoms with Crippen LogP contribution < -0.4 is 5.32 Å². The van der Waals surface area contributed by atoms with E-state index in [1.54, 1.807) is 4.90 Å². The Morgan fingerprint density at radius 3 is 2.56 bits per heavy atom. The first kappa shape index (κ1) is 18.2. The Kier molecular flexibility index (Phi) is 4.82. The molecule has 0 unspecified atom stereocenters. The Hall–Kier alpha value is -1.59. The number of ether oxygens (including phenoxy) is 1. The number of hydrogen-bond acceptors (Lipinski definition) is 4. The van der Waals surface area contributed by atoms with Gasteiger partial charge in [-0.25, -0.2) is 4.79 Å². The second-order valence-electron chi connectivity index (χ2n) is 8.92. The van der Waals surface area contributed by atoms with Crippen LogP contribution in [-0.2, 0) is 9.53 Å². The van der Waals surface area contributed by atoms with Gasteiger partial charge in [0.15, 0.2) is 0 Å². The van der Waals surface area contributed by atoms with Crippen molar-refractivity contribution in [3.05, 3.63) is 0 Å². The van der Waals surface area contributed by atoms with Gasteiger partial charge >= 0.3 is 6.09 Å². The summed E-state index contributed by atoms with van der Waals surface area (Å²) in [6, 6.07) is 0. The lowest BCUT2D eigenvalue weighted by Crippen LogP contribution is -2.51. The van der Waals surface area contributed by atoms with Gasteiger partial charge in [-0.2, -0.15) is 0 Å². The van der Waals surface area contributed by atoms with Gasteiger partial charge in [-0.05, 0) is 52.4 Å². The number of amides is 2. The number of carbonyl (C=O) groups excluding carboxylic acids is 2. The molecule has 0 aromatic heterocycles. The number of likely N-dealkylation sites (tertiary alicyclic amines) is 1. The minimum Gasteiger partial charge on any atom is -0.444 e. The van der Waals surface area contributed by atoms with Crippen LogP contribution in [0.2, 0.25) is 0 Å². The van der Waals surface area contributed by atoms with E-state index < -0.39 is 11.1 Å². The van der Waals surface area contributed by atoms with E-state index in [2.05, 4.69) is 12.2 Å². The third-order valence-electron chi connectivity index (χ3n) is 5.56. The fourth-order valence-electron chi connectivity index (χ4n) is 4.14. The Bertz CT molecular complexity index is 571. The van der Waals surface area contributed by atoms with Crippen molar-refractivity contribution in [3.63, 3.8) is 0 Å². The molecule has 2 heterocycles. The van der Waals surface area contributed by atoms with Crippen LogP contribution in [0.3, 0.4) is 0 Å². The molecular formula is C19H31N3O3. The molecule has 2 fully saturated rings. The molecule has 1 aliphatic carbocycles. The van der Waals surface area contributed by atoms with Gasteiger partial charge in [0.25, 0.3) is 5.91 Å². The molecule has 1 N–H and O–H groups in total. The summed E-state index contributed by atoms with van der Waals surface area (Å²) in [7, 11) is 0. The van der Waals surface area contributed by atoms with Crippen molar-refractivity contribution >= 4 is 17.8 Å². The van der Waals surface area contributed by atoms with E-state index in [-0.39, 0.29) is 12.0 Å². The van der Waals surface area contributed by atoms with E-state index in [1.165, 1.54) is 12.8 Å². The molecule has 3 rings (SSSR count). The highest BCUT2D eigenvalue weighted by Crippen LogP contribution is 2.35. The van der Waals surface area contributed by atoms with Crippen LogP contribution in [0.5, 0.6) is 0 Å². The standard InChI is InChI=1S/C19H31N3O3/c1-13-6-5-7-14(12-13)15-20-16(23)19(21-15)8-10-22(11-9-19)17(24)25-18(2,3)4/h13-14H,5-12H2,1-4H3,(H,20,21,23)/t13-,14+/m1/s1. The number of carbonyl (C=O) groups is 2. The van der Waals surface area contributed by atoms with Gasteiger partial charge in [0, 0.05) is 19.0 Å². The Morgan fingerprint density at radius 2 is 1.96 bits per heavy atom. The van der Waals surface area contributed by atoms with Gasteiger partial charge in [0.2, 0.25) is 0 Å². The quantitative estimate of drug-likeness (QED) is 0.791. The van der Waals surface area contributed by atoms with Gasteiger partial charge in [-0.3, -0.25) is 9.79 Å². The molecule has 6 heteroatoms. The van der Waals surface area contributed by atoms with E-state index >= 15 is 0 Å². The average molecular weight is 349 g/mol. The average Bonchev–Trinajstić information content (AvgIpc) is 2.83. The number of nitrogens with zero attached hydrogens (tertiary/aromatic N) is 2. The van der Waals surface area contributed by atoms with Gasteiger partial charge in [0.05, 0.1) is 0 Å². The maximum absolute atomic E-state index is 12.6. The van der Waals surface area contributed by atoms with Crippen molar-refractivity contribution in [1.82, 2.24) is 10.2 Å². The normalized spacial score (nSPS) is 29.4. The molecule has 3 aliphatic rings. The molecule has 0 radical (unpaired) electrons. The van der Waals surface area contributed by atoms with Crippen LogP contribution in [0.15, 0.2) is 4.99 Å². The number of amidine groups is 1. The largest absolute Gasteiger partial charge is 0.444 e. The third kappa shape index (κ3) is 3.98. The van der Waals surface area contributed by atoms with Crippen LogP contribution in [0.25, 0.3) is 0 Å². The zero-order valence-corrected chi connectivity index (χ0v) is 15.9. The van der Waals surface area contributed by atoms with Crippen molar-refractivity contribution in [2.45, 2.75) is 77.4 Å². The third-order valence-corrected chi connectivity index (χ3v) is 5.56. The number of aliphatic imine (C=N–C) groups is 1. The van der Waals surface area contributed by atoms with Crippen molar-refractivity contribution in [2.75, 3.05) is 13.1 Å². The Morgan fingerprint density at radius 1 is 1.28 bits per heavy atom. The van der Waals surface area contributed by atoms with Crippen molar-refractivity contribution in [3.8, 4) is 0 Å². The summed E-state index contributed by atoms with van der Waals surface area (Å²) in [4.78, 5) is 31.4. The molecule has 0 aromatic carbocycles. The van der Waals surface area contributed by atoms with Crippen LogP contribution in [-0.4, -0.2) is 47.0 Å². The van der Waals surface area contributed by atoms with E-state index in [4.69, 9.17) is 9.73 Å². The first-order valence-corrected chi connectivity index (χ1v) is 9.58. The van der Waals surface area contributed by atoms with Gasteiger partial charge < -0.3 is 15.0 Å². The SMILES string of the molecule is C[C@@H]1CCC[C@H](C2=NC3(CCN(C(=O)OC(C)(C)C)CC3)C(=O)N2)C1. The summed E-state index contributed by atoms with van der Waals surface area (Å²) in [5.74, 6) is 1.99. The monoisotopic (exact) mass is 349 g/mol. The van der Waals surface area contributed by atoms with Gasteiger partial charge in [-0.15, -0.1) is 0 Å². The zero-order chi connectivity index (χ0) is 18.2. The summed E-state index contributed by atoms with van der Waals surface area (Å²) in [6.07, 6.45) is 5.55. The number of hydrogen-bond donors (Lipinski definition) is 1. The van der Waals surface area contributed by atoms with E-state index in [1.807, 2.05) is 20.8 Å². The van der Waals surface area contributed by atoms with Crippen LogP contribution in [0, 0.1) is 11.8 Å². The molecule has 25 heavy (non-hydrogen) atoms. The number of rotatable bonds is 1. The Balaban J connectivity index is 1.63. The lowest BCUT2D eigenvalue weighted by molar-refractivity contribution is -0.125. The Labute approximate surface area is 150 Å². The van der Waals surface area contributed by atoms with Crippen molar-refractivity contribution in [1.29, 1.82) is 0 Å². The summed E-state index contributed by atoms with van der Waals surface area (Å²) < 4.78 is 5.43. The van der Waals surface area contributed by atoms with E-state index in [9.17, 15) is 9.59 Å². The van der Waals surface area contributed by atoms with Crippen LogP contribution >= 0.6 is 0 Å².